The van der Waals surface area contributed by atoms with Crippen molar-refractivity contribution in [2.24, 2.45) is 0 Å². The highest BCUT2D eigenvalue weighted by molar-refractivity contribution is 9.10. The Bertz CT molecular complexity index is 623. The molecule has 0 aliphatic heterocycles. The summed E-state index contributed by atoms with van der Waals surface area (Å²) in [4.78, 5) is 12.3. The lowest BCUT2D eigenvalue weighted by atomic mass is 10.1. The maximum atomic E-state index is 12.3. The molecule has 0 spiro atoms. The van der Waals surface area contributed by atoms with Gasteiger partial charge in [-0.3, -0.25) is 4.79 Å². The highest BCUT2D eigenvalue weighted by Gasteiger charge is 2.18. The molecule has 0 aliphatic rings. The van der Waals surface area contributed by atoms with Crippen molar-refractivity contribution in [2.75, 3.05) is 0 Å². The molecular weight excluding hydrogens is 340 g/mol. The smallest absolute Gasteiger partial charge is 0.202 e. The molecule has 0 saturated carbocycles. The monoisotopic (exact) mass is 352 g/mol. The molecule has 0 aromatic heterocycles. The number of carbonyl (C=O) groups is 1. The second-order valence-corrected chi connectivity index (χ2v) is 5.89. The number of carbonyl (C=O) groups excluding carboxylic acids is 1. The van der Waals surface area contributed by atoms with Crippen LogP contribution >= 0.6 is 27.5 Å². The van der Waals surface area contributed by atoms with Crippen LogP contribution in [0.4, 0.5) is 0 Å². The molecule has 2 nitrogen and oxygen atoms in total. The minimum Gasteiger partial charge on any atom is -0.481 e. The van der Waals surface area contributed by atoms with Crippen molar-refractivity contribution in [1.29, 1.82) is 0 Å². The Hall–Kier alpha value is -1.32. The molecule has 2 aromatic carbocycles. The molecule has 2 aromatic rings. The van der Waals surface area contributed by atoms with E-state index in [1.54, 1.807) is 25.1 Å². The van der Waals surface area contributed by atoms with Gasteiger partial charge in [-0.05, 0) is 43.7 Å². The average molecular weight is 354 g/mol. The number of ether oxygens (including phenoxy) is 1. The van der Waals surface area contributed by atoms with Gasteiger partial charge in [0.25, 0.3) is 0 Å². The third-order valence-corrected chi connectivity index (χ3v) is 3.73. The Labute approximate surface area is 131 Å². The summed E-state index contributed by atoms with van der Waals surface area (Å²) in [6.45, 7) is 3.67. The molecule has 1 unspecified atom stereocenters. The summed E-state index contributed by atoms with van der Waals surface area (Å²) in [5.41, 5.74) is 1.65. The van der Waals surface area contributed by atoms with Crippen molar-refractivity contribution in [3.63, 3.8) is 0 Å². The van der Waals surface area contributed by atoms with Crippen LogP contribution in [0.25, 0.3) is 0 Å². The van der Waals surface area contributed by atoms with E-state index in [2.05, 4.69) is 15.9 Å². The van der Waals surface area contributed by atoms with Crippen LogP contribution < -0.4 is 4.74 Å². The van der Waals surface area contributed by atoms with Crippen LogP contribution in [0.3, 0.4) is 0 Å². The molecule has 0 amide bonds. The number of halogens is 2. The Morgan fingerprint density at radius 1 is 1.20 bits per heavy atom. The standard InChI is InChI=1S/C16H14BrClO2/c1-10-3-8-14(18)15(9-10)20-11(2)16(19)12-4-6-13(17)7-5-12/h3-9,11H,1-2H3. The van der Waals surface area contributed by atoms with Crippen LogP contribution in [-0.4, -0.2) is 11.9 Å². The summed E-state index contributed by atoms with van der Waals surface area (Å²) < 4.78 is 6.61. The number of aryl methyl sites for hydroxylation is 1. The third kappa shape index (κ3) is 3.62. The van der Waals surface area contributed by atoms with Gasteiger partial charge in [0.15, 0.2) is 6.10 Å². The maximum absolute atomic E-state index is 12.3. The summed E-state index contributed by atoms with van der Waals surface area (Å²) in [5.74, 6) is 0.458. The number of rotatable bonds is 4. The first-order valence-electron chi connectivity index (χ1n) is 6.20. The van der Waals surface area contributed by atoms with Gasteiger partial charge in [-0.2, -0.15) is 0 Å². The van der Waals surface area contributed by atoms with Crippen molar-refractivity contribution in [3.05, 3.63) is 63.1 Å². The molecule has 0 aliphatic carbocycles. The van der Waals surface area contributed by atoms with Gasteiger partial charge >= 0.3 is 0 Å². The summed E-state index contributed by atoms with van der Waals surface area (Å²) in [7, 11) is 0. The van der Waals surface area contributed by atoms with E-state index in [4.69, 9.17) is 16.3 Å². The zero-order valence-electron chi connectivity index (χ0n) is 11.2. The van der Waals surface area contributed by atoms with Gasteiger partial charge < -0.3 is 4.74 Å². The first-order valence-corrected chi connectivity index (χ1v) is 7.37. The van der Waals surface area contributed by atoms with E-state index in [0.29, 0.717) is 16.3 Å². The minimum atomic E-state index is -0.588. The van der Waals surface area contributed by atoms with Crippen LogP contribution in [0.1, 0.15) is 22.8 Å². The van der Waals surface area contributed by atoms with Gasteiger partial charge in [-0.15, -0.1) is 0 Å². The topological polar surface area (TPSA) is 26.3 Å². The largest absolute Gasteiger partial charge is 0.481 e. The summed E-state index contributed by atoms with van der Waals surface area (Å²) in [5, 5.41) is 0.506. The molecular formula is C16H14BrClO2. The van der Waals surface area contributed by atoms with Crippen LogP contribution in [0.2, 0.25) is 5.02 Å². The maximum Gasteiger partial charge on any atom is 0.202 e. The number of Topliss-reactive ketones (excluding diaryl/α,β-unsaturated/α-hetero) is 1. The second-order valence-electron chi connectivity index (χ2n) is 4.57. The van der Waals surface area contributed by atoms with E-state index >= 15 is 0 Å². The van der Waals surface area contributed by atoms with Gasteiger partial charge in [0, 0.05) is 10.0 Å². The van der Waals surface area contributed by atoms with E-state index in [0.717, 1.165) is 10.0 Å². The molecule has 0 fully saturated rings. The van der Waals surface area contributed by atoms with Crippen molar-refractivity contribution in [3.8, 4) is 5.75 Å². The fourth-order valence-electron chi connectivity index (χ4n) is 1.79. The van der Waals surface area contributed by atoms with Crippen molar-refractivity contribution < 1.29 is 9.53 Å². The Balaban J connectivity index is 2.15. The minimum absolute atomic E-state index is 0.0740. The first-order chi connectivity index (χ1) is 9.47. The van der Waals surface area contributed by atoms with E-state index < -0.39 is 6.10 Å². The Morgan fingerprint density at radius 3 is 2.50 bits per heavy atom. The quantitative estimate of drug-likeness (QED) is 0.718. The van der Waals surface area contributed by atoms with Gasteiger partial charge in [-0.25, -0.2) is 0 Å². The average Bonchev–Trinajstić information content (AvgIpc) is 2.43. The lowest BCUT2D eigenvalue weighted by Gasteiger charge is -2.15. The second kappa shape index (κ2) is 6.42. The third-order valence-electron chi connectivity index (χ3n) is 2.89. The van der Waals surface area contributed by atoms with Gasteiger partial charge in [0.2, 0.25) is 5.78 Å². The molecule has 1 atom stereocenters. The predicted molar refractivity (Wildman–Crippen MR) is 84.8 cm³/mol. The molecule has 0 heterocycles. The Kier molecular flexibility index (Phi) is 4.84. The molecule has 20 heavy (non-hydrogen) atoms. The van der Waals surface area contributed by atoms with E-state index in [1.807, 2.05) is 31.2 Å². The fourth-order valence-corrected chi connectivity index (χ4v) is 2.22. The van der Waals surface area contributed by atoms with Crippen LogP contribution in [0.15, 0.2) is 46.9 Å². The molecule has 0 N–H and O–H groups in total. The van der Waals surface area contributed by atoms with E-state index in [-0.39, 0.29) is 5.78 Å². The van der Waals surface area contributed by atoms with Gasteiger partial charge in [-0.1, -0.05) is 45.7 Å². The normalized spacial score (nSPS) is 12.0. The number of hydrogen-bond acceptors (Lipinski definition) is 2. The van der Waals surface area contributed by atoms with Gasteiger partial charge in [0.05, 0.1) is 5.02 Å². The van der Waals surface area contributed by atoms with Crippen molar-refractivity contribution in [2.45, 2.75) is 20.0 Å². The number of ketones is 1. The molecule has 0 bridgehead atoms. The van der Waals surface area contributed by atoms with E-state index in [1.165, 1.54) is 0 Å². The van der Waals surface area contributed by atoms with E-state index in [9.17, 15) is 4.79 Å². The SMILES string of the molecule is Cc1ccc(Cl)c(OC(C)C(=O)c2ccc(Br)cc2)c1. The summed E-state index contributed by atoms with van der Waals surface area (Å²) >= 11 is 9.41. The molecule has 2 rings (SSSR count). The fraction of sp³-hybridized carbons (Fsp3) is 0.188. The summed E-state index contributed by atoms with van der Waals surface area (Å²) in [6.07, 6.45) is -0.588. The van der Waals surface area contributed by atoms with Crippen molar-refractivity contribution >= 4 is 33.3 Å². The van der Waals surface area contributed by atoms with Crippen molar-refractivity contribution in [1.82, 2.24) is 0 Å². The lowest BCUT2D eigenvalue weighted by molar-refractivity contribution is 0.0818. The predicted octanol–water partition coefficient (Wildman–Crippen LogP) is 5.06. The zero-order chi connectivity index (χ0) is 14.7. The van der Waals surface area contributed by atoms with Crippen LogP contribution in [0, 0.1) is 6.92 Å². The van der Waals surface area contributed by atoms with Crippen LogP contribution in [0.5, 0.6) is 5.75 Å². The highest BCUT2D eigenvalue weighted by atomic mass is 79.9. The first kappa shape index (κ1) is 15.1. The highest BCUT2D eigenvalue weighted by Crippen LogP contribution is 2.27. The van der Waals surface area contributed by atoms with Gasteiger partial charge in [0.1, 0.15) is 5.75 Å². The number of benzene rings is 2. The number of hydrogen-bond donors (Lipinski definition) is 0. The molecule has 0 radical (unpaired) electrons. The summed E-state index contributed by atoms with van der Waals surface area (Å²) in [6, 6.07) is 12.7. The lowest BCUT2D eigenvalue weighted by Crippen LogP contribution is -2.24. The molecule has 104 valence electrons. The van der Waals surface area contributed by atoms with Crippen LogP contribution in [-0.2, 0) is 0 Å². The zero-order valence-corrected chi connectivity index (χ0v) is 13.5. The molecule has 4 heteroatoms. The Morgan fingerprint density at radius 2 is 1.85 bits per heavy atom. The molecule has 0 saturated heterocycles.